The van der Waals surface area contributed by atoms with Crippen molar-refractivity contribution in [3.63, 3.8) is 0 Å². The highest BCUT2D eigenvalue weighted by atomic mass is 35.5. The quantitative estimate of drug-likeness (QED) is 0.613. The Hall–Kier alpha value is -0.240. The Morgan fingerprint density at radius 2 is 1.89 bits per heavy atom. The molecule has 0 fully saturated rings. The summed E-state index contributed by atoms with van der Waals surface area (Å²) in [5.41, 5.74) is 1.13. The topological polar surface area (TPSA) is 12.0 Å². The first-order valence-electron chi connectivity index (χ1n) is 6.88. The van der Waals surface area contributed by atoms with Gasteiger partial charge in [-0.25, -0.2) is 0 Å². The Balaban J connectivity index is 2.76. The van der Waals surface area contributed by atoms with Gasteiger partial charge in [-0.15, -0.1) is 0 Å². The molecule has 1 rings (SSSR count). The molecule has 1 nitrogen and oxygen atoms in total. The van der Waals surface area contributed by atoms with E-state index in [0.717, 1.165) is 24.9 Å². The molecule has 0 saturated heterocycles. The van der Waals surface area contributed by atoms with Crippen LogP contribution in [0.2, 0.25) is 10.0 Å². The van der Waals surface area contributed by atoms with Crippen molar-refractivity contribution in [2.24, 2.45) is 0 Å². The van der Waals surface area contributed by atoms with Crippen molar-refractivity contribution in [3.8, 4) is 0 Å². The van der Waals surface area contributed by atoms with E-state index >= 15 is 0 Å². The van der Waals surface area contributed by atoms with Crippen LogP contribution in [0, 0.1) is 0 Å². The fourth-order valence-electron chi connectivity index (χ4n) is 2.07. The molecule has 0 bridgehead atoms. The summed E-state index contributed by atoms with van der Waals surface area (Å²) in [5.74, 6) is 0. The van der Waals surface area contributed by atoms with Crippen molar-refractivity contribution < 1.29 is 0 Å². The van der Waals surface area contributed by atoms with Gasteiger partial charge < -0.3 is 5.32 Å². The van der Waals surface area contributed by atoms with Gasteiger partial charge in [-0.05, 0) is 31.0 Å². The zero-order valence-corrected chi connectivity index (χ0v) is 12.8. The van der Waals surface area contributed by atoms with Gasteiger partial charge in [-0.3, -0.25) is 0 Å². The van der Waals surface area contributed by atoms with E-state index in [9.17, 15) is 0 Å². The molecule has 3 heteroatoms. The summed E-state index contributed by atoms with van der Waals surface area (Å²) in [5, 5.41) is 4.91. The lowest BCUT2D eigenvalue weighted by atomic mass is 10.00. The minimum atomic E-state index is 0.322. The average Bonchev–Trinajstić information content (AvgIpc) is 2.37. The van der Waals surface area contributed by atoms with Gasteiger partial charge >= 0.3 is 0 Å². The van der Waals surface area contributed by atoms with E-state index in [2.05, 4.69) is 25.2 Å². The third kappa shape index (κ3) is 4.79. The molecule has 0 heterocycles. The first kappa shape index (κ1) is 15.8. The van der Waals surface area contributed by atoms with Crippen LogP contribution in [0.1, 0.15) is 57.6 Å². The molecule has 0 aliphatic heterocycles. The Labute approximate surface area is 121 Å². The lowest BCUT2D eigenvalue weighted by Gasteiger charge is -2.20. The molecule has 102 valence electrons. The Bertz CT molecular complexity index is 352. The predicted molar refractivity (Wildman–Crippen MR) is 81.6 cm³/mol. The molecule has 0 aliphatic rings. The number of unbranched alkanes of at least 4 members (excludes halogenated alkanes) is 2. The van der Waals surface area contributed by atoms with Crippen molar-refractivity contribution in [3.05, 3.63) is 33.8 Å². The van der Waals surface area contributed by atoms with E-state index < -0.39 is 0 Å². The Kier molecular flexibility index (Phi) is 7.73. The number of rotatable bonds is 8. The normalized spacial score (nSPS) is 12.7. The number of hydrogen-bond donors (Lipinski definition) is 1. The molecular weight excluding hydrogens is 265 g/mol. The summed E-state index contributed by atoms with van der Waals surface area (Å²) in [4.78, 5) is 0. The summed E-state index contributed by atoms with van der Waals surface area (Å²) in [6, 6.07) is 6.22. The molecule has 0 amide bonds. The maximum absolute atomic E-state index is 6.31. The maximum atomic E-state index is 6.31. The van der Waals surface area contributed by atoms with E-state index in [0.29, 0.717) is 16.1 Å². The number of benzene rings is 1. The minimum Gasteiger partial charge on any atom is -0.310 e. The van der Waals surface area contributed by atoms with E-state index in [1.165, 1.54) is 19.3 Å². The summed E-state index contributed by atoms with van der Waals surface area (Å²) in [6.07, 6.45) is 5.98. The third-order valence-corrected chi connectivity index (χ3v) is 3.93. The van der Waals surface area contributed by atoms with Crippen LogP contribution < -0.4 is 5.32 Å². The van der Waals surface area contributed by atoms with Gasteiger partial charge in [0.05, 0.1) is 10.0 Å². The fraction of sp³-hybridized carbons (Fsp3) is 0.600. The molecule has 0 saturated carbocycles. The van der Waals surface area contributed by atoms with Crippen molar-refractivity contribution in [1.29, 1.82) is 0 Å². The number of halogens is 2. The van der Waals surface area contributed by atoms with Crippen molar-refractivity contribution >= 4 is 23.2 Å². The molecule has 0 aromatic heterocycles. The van der Waals surface area contributed by atoms with Crippen LogP contribution in [0.15, 0.2) is 18.2 Å². The second kappa shape index (κ2) is 8.79. The highest BCUT2D eigenvalue weighted by molar-refractivity contribution is 6.42. The second-order valence-electron chi connectivity index (χ2n) is 4.65. The van der Waals surface area contributed by atoms with Crippen molar-refractivity contribution in [2.75, 3.05) is 6.54 Å². The van der Waals surface area contributed by atoms with Gasteiger partial charge in [0.25, 0.3) is 0 Å². The lowest BCUT2D eigenvalue weighted by molar-refractivity contribution is 0.474. The van der Waals surface area contributed by atoms with Crippen LogP contribution in [0.25, 0.3) is 0 Å². The van der Waals surface area contributed by atoms with Crippen molar-refractivity contribution in [1.82, 2.24) is 5.32 Å². The molecule has 0 aliphatic carbocycles. The number of hydrogen-bond acceptors (Lipinski definition) is 1. The second-order valence-corrected chi connectivity index (χ2v) is 5.43. The average molecular weight is 288 g/mol. The molecule has 1 unspecified atom stereocenters. The summed E-state index contributed by atoms with van der Waals surface area (Å²) in [6.45, 7) is 5.41. The molecule has 18 heavy (non-hydrogen) atoms. The minimum absolute atomic E-state index is 0.322. The molecule has 1 aromatic carbocycles. The van der Waals surface area contributed by atoms with Crippen LogP contribution in [0.5, 0.6) is 0 Å². The van der Waals surface area contributed by atoms with Crippen LogP contribution in [0.4, 0.5) is 0 Å². The van der Waals surface area contributed by atoms with Gasteiger partial charge in [0.2, 0.25) is 0 Å². The van der Waals surface area contributed by atoms with E-state index in [1.54, 1.807) is 0 Å². The standard InChI is InChI=1S/C15H23Cl2N/c1-3-5-6-10-14(18-11-4-2)12-8-7-9-13(16)15(12)17/h7-9,14,18H,3-6,10-11H2,1-2H3. The van der Waals surface area contributed by atoms with Crippen LogP contribution in [0.3, 0.4) is 0 Å². The Morgan fingerprint density at radius 3 is 2.56 bits per heavy atom. The summed E-state index contributed by atoms with van der Waals surface area (Å²) < 4.78 is 0. The van der Waals surface area contributed by atoms with Crippen LogP contribution in [-0.2, 0) is 0 Å². The third-order valence-electron chi connectivity index (χ3n) is 3.09. The van der Waals surface area contributed by atoms with E-state index in [4.69, 9.17) is 23.2 Å². The molecule has 1 aromatic rings. The molecule has 1 N–H and O–H groups in total. The summed E-state index contributed by atoms with van der Waals surface area (Å²) >= 11 is 12.4. The predicted octanol–water partition coefficient (Wildman–Crippen LogP) is 5.61. The maximum Gasteiger partial charge on any atom is 0.0640 e. The molecule has 1 atom stereocenters. The van der Waals surface area contributed by atoms with Gasteiger partial charge in [-0.2, -0.15) is 0 Å². The van der Waals surface area contributed by atoms with Crippen LogP contribution in [-0.4, -0.2) is 6.54 Å². The molecule has 0 spiro atoms. The van der Waals surface area contributed by atoms with Gasteiger partial charge in [0.1, 0.15) is 0 Å². The van der Waals surface area contributed by atoms with E-state index in [-0.39, 0.29) is 0 Å². The van der Waals surface area contributed by atoms with Gasteiger partial charge in [0, 0.05) is 6.04 Å². The smallest absolute Gasteiger partial charge is 0.0640 e. The SMILES string of the molecule is CCCCCC(NCCC)c1cccc(Cl)c1Cl. The zero-order valence-electron chi connectivity index (χ0n) is 11.3. The molecule has 0 radical (unpaired) electrons. The number of nitrogens with one attached hydrogen (secondary N) is 1. The van der Waals surface area contributed by atoms with Gasteiger partial charge in [-0.1, -0.05) is 68.4 Å². The van der Waals surface area contributed by atoms with Gasteiger partial charge in [0.15, 0.2) is 0 Å². The highest BCUT2D eigenvalue weighted by Gasteiger charge is 2.15. The Morgan fingerprint density at radius 1 is 1.11 bits per heavy atom. The lowest BCUT2D eigenvalue weighted by Crippen LogP contribution is -2.22. The monoisotopic (exact) mass is 287 g/mol. The molecular formula is C15H23Cl2N. The largest absolute Gasteiger partial charge is 0.310 e. The zero-order chi connectivity index (χ0) is 13.4. The summed E-state index contributed by atoms with van der Waals surface area (Å²) in [7, 11) is 0. The fourth-order valence-corrected chi connectivity index (χ4v) is 2.51. The van der Waals surface area contributed by atoms with Crippen molar-refractivity contribution in [2.45, 2.75) is 52.0 Å². The highest BCUT2D eigenvalue weighted by Crippen LogP contribution is 2.32. The van der Waals surface area contributed by atoms with E-state index in [1.807, 2.05) is 12.1 Å². The first-order valence-corrected chi connectivity index (χ1v) is 7.63. The first-order chi connectivity index (χ1) is 8.70. The van der Waals surface area contributed by atoms with Crippen LogP contribution >= 0.6 is 23.2 Å².